The van der Waals surface area contributed by atoms with Gasteiger partial charge in [0, 0.05) is 12.2 Å². The van der Waals surface area contributed by atoms with Gasteiger partial charge < -0.3 is 4.90 Å². The third kappa shape index (κ3) is 3.86. The van der Waals surface area contributed by atoms with Crippen molar-refractivity contribution in [3.8, 4) is 5.69 Å². The molecule has 0 aliphatic rings. The van der Waals surface area contributed by atoms with Crippen LogP contribution in [0.5, 0.6) is 0 Å². The fourth-order valence-electron chi connectivity index (χ4n) is 3.25. The Balaban J connectivity index is 1.56. The van der Waals surface area contributed by atoms with Gasteiger partial charge >= 0.3 is 0 Å². The molecule has 2 aromatic carbocycles. The van der Waals surface area contributed by atoms with E-state index in [0.29, 0.717) is 12.3 Å². The number of fused-ring (bicyclic) bond motifs is 1. The van der Waals surface area contributed by atoms with E-state index in [4.69, 9.17) is 0 Å². The Bertz CT molecular complexity index is 1140. The number of aryl methyl sites for hydroxylation is 1. The van der Waals surface area contributed by atoms with Crippen molar-refractivity contribution in [1.29, 1.82) is 0 Å². The number of carbonyl (C=O) groups excluding carboxylic acids is 1. The molecule has 0 spiro atoms. The second-order valence-corrected chi connectivity index (χ2v) is 7.49. The molecule has 0 bridgehead atoms. The van der Waals surface area contributed by atoms with Gasteiger partial charge in [-0.15, -0.1) is 0 Å². The third-order valence-electron chi connectivity index (χ3n) is 4.69. The Kier molecular flexibility index (Phi) is 5.57. The first-order valence-corrected chi connectivity index (χ1v) is 10.4. The zero-order chi connectivity index (χ0) is 20.2. The van der Waals surface area contributed by atoms with Crippen molar-refractivity contribution in [3.05, 3.63) is 72.7 Å². The first-order valence-electron chi connectivity index (χ1n) is 9.42. The van der Waals surface area contributed by atoms with E-state index in [1.165, 1.54) is 18.1 Å². The first kappa shape index (κ1) is 19.1. The number of nitrogens with zero attached hydrogens (tertiary/aromatic N) is 5. The highest BCUT2D eigenvalue weighted by Crippen LogP contribution is 2.27. The highest BCUT2D eigenvalue weighted by Gasteiger charge is 2.18. The molecule has 0 atom stereocenters. The van der Waals surface area contributed by atoms with E-state index < -0.39 is 0 Å². The zero-order valence-corrected chi connectivity index (χ0v) is 17.1. The number of thioether (sulfide) groups is 1. The lowest BCUT2D eigenvalue weighted by molar-refractivity contribution is -0.116. The van der Waals surface area contributed by atoms with Crippen LogP contribution in [-0.4, -0.2) is 38.0 Å². The van der Waals surface area contributed by atoms with Crippen LogP contribution >= 0.6 is 11.8 Å². The molecule has 2 aromatic heterocycles. The predicted molar refractivity (Wildman–Crippen MR) is 117 cm³/mol. The van der Waals surface area contributed by atoms with E-state index in [2.05, 4.69) is 15.1 Å². The Morgan fingerprint density at radius 3 is 2.59 bits per heavy atom. The average molecular weight is 404 g/mol. The molecule has 0 aliphatic carbocycles. The molecular formula is C22H21N5OS. The van der Waals surface area contributed by atoms with E-state index >= 15 is 0 Å². The SMILES string of the molecule is CCN(C(=O)CSc1ncnc2c1cnn2-c1ccccc1)c1ccccc1C. The van der Waals surface area contributed by atoms with Gasteiger partial charge in [0.15, 0.2) is 5.65 Å². The van der Waals surface area contributed by atoms with E-state index in [-0.39, 0.29) is 5.91 Å². The van der Waals surface area contributed by atoms with E-state index in [1.807, 2.05) is 73.3 Å². The molecule has 1 amide bonds. The van der Waals surface area contributed by atoms with Gasteiger partial charge in [0.25, 0.3) is 0 Å². The average Bonchev–Trinajstić information content (AvgIpc) is 3.19. The monoisotopic (exact) mass is 403 g/mol. The summed E-state index contributed by atoms with van der Waals surface area (Å²) >= 11 is 1.42. The standard InChI is InChI=1S/C22H21N5OS/c1-3-26(19-12-8-7-9-16(19)2)20(28)14-29-22-18-13-25-27(21(18)23-15-24-22)17-10-5-4-6-11-17/h4-13,15H,3,14H2,1-2H3. The third-order valence-corrected chi connectivity index (χ3v) is 5.68. The maximum Gasteiger partial charge on any atom is 0.237 e. The largest absolute Gasteiger partial charge is 0.312 e. The maximum atomic E-state index is 12.9. The number of benzene rings is 2. The van der Waals surface area contributed by atoms with Gasteiger partial charge in [0.1, 0.15) is 11.4 Å². The summed E-state index contributed by atoms with van der Waals surface area (Å²) in [6.45, 7) is 4.63. The van der Waals surface area contributed by atoms with Crippen LogP contribution < -0.4 is 4.90 Å². The second-order valence-electron chi connectivity index (χ2n) is 6.52. The lowest BCUT2D eigenvalue weighted by Crippen LogP contribution is -2.32. The molecule has 4 aromatic rings. The van der Waals surface area contributed by atoms with Crippen LogP contribution in [-0.2, 0) is 4.79 Å². The normalized spacial score (nSPS) is 11.0. The van der Waals surface area contributed by atoms with Crippen molar-refractivity contribution >= 4 is 34.4 Å². The molecular weight excluding hydrogens is 382 g/mol. The summed E-state index contributed by atoms with van der Waals surface area (Å²) in [5.41, 5.74) is 3.70. The Morgan fingerprint density at radius 1 is 1.07 bits per heavy atom. The summed E-state index contributed by atoms with van der Waals surface area (Å²) in [5, 5.41) is 6.07. The first-order chi connectivity index (χ1) is 14.2. The van der Waals surface area contributed by atoms with Gasteiger partial charge in [-0.25, -0.2) is 14.6 Å². The van der Waals surface area contributed by atoms with Gasteiger partial charge in [0.2, 0.25) is 5.91 Å². The Morgan fingerprint density at radius 2 is 1.83 bits per heavy atom. The Labute approximate surface area is 173 Å². The predicted octanol–water partition coefficient (Wildman–Crippen LogP) is 4.27. The molecule has 0 saturated heterocycles. The zero-order valence-electron chi connectivity index (χ0n) is 16.3. The minimum atomic E-state index is 0.0500. The van der Waals surface area contributed by atoms with Gasteiger partial charge in [-0.1, -0.05) is 48.2 Å². The lowest BCUT2D eigenvalue weighted by atomic mass is 10.2. The number of carbonyl (C=O) groups is 1. The molecule has 0 N–H and O–H groups in total. The molecule has 146 valence electrons. The molecule has 0 aliphatic heterocycles. The number of para-hydroxylation sites is 2. The quantitative estimate of drug-likeness (QED) is 0.355. The van der Waals surface area contributed by atoms with Gasteiger partial charge in [-0.2, -0.15) is 5.10 Å². The minimum Gasteiger partial charge on any atom is -0.312 e. The molecule has 7 heteroatoms. The smallest absolute Gasteiger partial charge is 0.237 e. The van der Waals surface area contributed by atoms with Crippen molar-refractivity contribution < 1.29 is 4.79 Å². The lowest BCUT2D eigenvalue weighted by Gasteiger charge is -2.22. The summed E-state index contributed by atoms with van der Waals surface area (Å²) < 4.78 is 1.79. The topological polar surface area (TPSA) is 63.9 Å². The maximum absolute atomic E-state index is 12.9. The number of amides is 1. The molecule has 4 rings (SSSR count). The molecule has 6 nitrogen and oxygen atoms in total. The van der Waals surface area contributed by atoms with Crippen LogP contribution in [0.3, 0.4) is 0 Å². The molecule has 0 fully saturated rings. The second kappa shape index (κ2) is 8.45. The van der Waals surface area contributed by atoms with Crippen molar-refractivity contribution in [3.63, 3.8) is 0 Å². The summed E-state index contributed by atoms with van der Waals surface area (Å²) in [7, 11) is 0. The van der Waals surface area contributed by atoms with E-state index in [1.54, 1.807) is 10.9 Å². The number of hydrogen-bond acceptors (Lipinski definition) is 5. The van der Waals surface area contributed by atoms with Crippen LogP contribution in [0.4, 0.5) is 5.69 Å². The van der Waals surface area contributed by atoms with E-state index in [9.17, 15) is 4.79 Å². The minimum absolute atomic E-state index is 0.0500. The number of hydrogen-bond donors (Lipinski definition) is 0. The highest BCUT2D eigenvalue weighted by atomic mass is 32.2. The fourth-order valence-corrected chi connectivity index (χ4v) is 4.09. The number of rotatable bonds is 6. The molecule has 0 saturated carbocycles. The van der Waals surface area contributed by atoms with Crippen molar-refractivity contribution in [2.75, 3.05) is 17.2 Å². The summed E-state index contributed by atoms with van der Waals surface area (Å²) in [6, 6.07) is 17.8. The van der Waals surface area contributed by atoms with Gasteiger partial charge in [0.05, 0.1) is 23.0 Å². The van der Waals surface area contributed by atoms with Gasteiger partial charge in [-0.05, 0) is 37.6 Å². The molecule has 29 heavy (non-hydrogen) atoms. The van der Waals surface area contributed by atoms with Crippen LogP contribution in [0.2, 0.25) is 0 Å². The summed E-state index contributed by atoms with van der Waals surface area (Å²) in [6.07, 6.45) is 3.28. The molecule has 0 radical (unpaired) electrons. The van der Waals surface area contributed by atoms with Crippen LogP contribution in [0, 0.1) is 6.92 Å². The van der Waals surface area contributed by atoms with Crippen LogP contribution in [0.1, 0.15) is 12.5 Å². The Hall–Kier alpha value is -3.19. The molecule has 2 heterocycles. The molecule has 0 unspecified atom stereocenters. The number of anilines is 1. The summed E-state index contributed by atoms with van der Waals surface area (Å²) in [5.74, 6) is 0.346. The highest BCUT2D eigenvalue weighted by molar-refractivity contribution is 8.00. The fraction of sp³-hybridized carbons (Fsp3) is 0.182. The van der Waals surface area contributed by atoms with Crippen molar-refractivity contribution in [1.82, 2.24) is 19.7 Å². The van der Waals surface area contributed by atoms with E-state index in [0.717, 1.165) is 33.0 Å². The number of aromatic nitrogens is 4. The van der Waals surface area contributed by atoms with Crippen molar-refractivity contribution in [2.24, 2.45) is 0 Å². The van der Waals surface area contributed by atoms with Crippen molar-refractivity contribution in [2.45, 2.75) is 18.9 Å². The van der Waals surface area contributed by atoms with Crippen LogP contribution in [0.15, 0.2) is 72.1 Å². The van der Waals surface area contributed by atoms with Crippen LogP contribution in [0.25, 0.3) is 16.7 Å². The van der Waals surface area contributed by atoms with Gasteiger partial charge in [-0.3, -0.25) is 4.79 Å². The summed E-state index contributed by atoms with van der Waals surface area (Å²) in [4.78, 5) is 23.5.